The lowest BCUT2D eigenvalue weighted by Crippen LogP contribution is -2.38. The van der Waals surface area contributed by atoms with Gasteiger partial charge in [0.1, 0.15) is 0 Å². The lowest BCUT2D eigenvalue weighted by Gasteiger charge is -2.33. The third-order valence-electron chi connectivity index (χ3n) is 4.76. The molecule has 0 aromatic rings. The van der Waals surface area contributed by atoms with Crippen molar-refractivity contribution >= 4 is 0 Å². The Kier molecular flexibility index (Phi) is 6.50. The monoisotopic (exact) mass is 241 g/mol. The van der Waals surface area contributed by atoms with Crippen LogP contribution in [0.25, 0.3) is 0 Å². The lowest BCUT2D eigenvalue weighted by molar-refractivity contribution is -0.0125. The number of hydrogen-bond donors (Lipinski definition) is 1. The van der Waals surface area contributed by atoms with Gasteiger partial charge in [0.25, 0.3) is 0 Å². The van der Waals surface area contributed by atoms with Gasteiger partial charge in [-0.15, -0.1) is 0 Å². The minimum atomic E-state index is 0.501. The average Bonchev–Trinajstić information content (AvgIpc) is 2.33. The average molecular weight is 241 g/mol. The molecular formula is C15H31NO. The van der Waals surface area contributed by atoms with Gasteiger partial charge in [0.05, 0.1) is 12.7 Å². The van der Waals surface area contributed by atoms with Crippen molar-refractivity contribution in [3.8, 4) is 0 Å². The summed E-state index contributed by atoms with van der Waals surface area (Å²) in [6.45, 7) is 10.2. The molecule has 0 bridgehead atoms. The molecule has 0 spiro atoms. The third-order valence-corrected chi connectivity index (χ3v) is 4.76. The molecule has 1 rings (SSSR count). The SMILES string of the molecule is CCC(C)C(COC1CCC(C)C(C)C1)NC. The van der Waals surface area contributed by atoms with E-state index in [9.17, 15) is 0 Å². The van der Waals surface area contributed by atoms with E-state index in [2.05, 4.69) is 33.0 Å². The molecule has 5 atom stereocenters. The standard InChI is InChI=1S/C15H31NO/c1-6-11(2)15(16-5)10-17-14-8-7-12(3)13(4)9-14/h11-16H,6-10H2,1-5H3. The zero-order valence-electron chi connectivity index (χ0n) is 12.3. The first kappa shape index (κ1) is 15.0. The topological polar surface area (TPSA) is 21.3 Å². The number of nitrogens with one attached hydrogen (secondary N) is 1. The maximum Gasteiger partial charge on any atom is 0.0625 e. The Morgan fingerprint density at radius 3 is 2.47 bits per heavy atom. The fourth-order valence-electron chi connectivity index (χ4n) is 2.71. The molecule has 1 aliphatic rings. The van der Waals surface area contributed by atoms with E-state index in [-0.39, 0.29) is 0 Å². The van der Waals surface area contributed by atoms with Crippen LogP contribution in [-0.2, 0) is 4.74 Å². The predicted octanol–water partition coefficient (Wildman–Crippen LogP) is 3.46. The Morgan fingerprint density at radius 2 is 1.94 bits per heavy atom. The van der Waals surface area contributed by atoms with Gasteiger partial charge in [0.2, 0.25) is 0 Å². The molecule has 2 nitrogen and oxygen atoms in total. The van der Waals surface area contributed by atoms with Gasteiger partial charge in [-0.05, 0) is 44.1 Å². The quantitative estimate of drug-likeness (QED) is 0.769. The van der Waals surface area contributed by atoms with Crippen LogP contribution in [0.1, 0.15) is 53.4 Å². The molecule has 102 valence electrons. The fourth-order valence-corrected chi connectivity index (χ4v) is 2.71. The normalized spacial score (nSPS) is 33.4. The Labute approximate surface area is 108 Å². The van der Waals surface area contributed by atoms with E-state index in [1.165, 1.54) is 25.7 Å². The Balaban J connectivity index is 2.29. The van der Waals surface area contributed by atoms with Crippen LogP contribution >= 0.6 is 0 Å². The minimum Gasteiger partial charge on any atom is -0.377 e. The van der Waals surface area contributed by atoms with Crippen LogP contribution in [0, 0.1) is 17.8 Å². The molecule has 0 aromatic carbocycles. The Hall–Kier alpha value is -0.0800. The molecule has 2 heteroatoms. The predicted molar refractivity (Wildman–Crippen MR) is 74.2 cm³/mol. The van der Waals surface area contributed by atoms with E-state index in [1.54, 1.807) is 0 Å². The molecule has 0 radical (unpaired) electrons. The number of hydrogen-bond acceptors (Lipinski definition) is 2. The summed E-state index contributed by atoms with van der Waals surface area (Å²) in [6.07, 6.45) is 5.55. The molecule has 0 heterocycles. The molecule has 0 aromatic heterocycles. The van der Waals surface area contributed by atoms with Crippen molar-refractivity contribution in [2.45, 2.75) is 65.5 Å². The number of ether oxygens (including phenoxy) is 1. The van der Waals surface area contributed by atoms with Crippen LogP contribution < -0.4 is 5.32 Å². The molecular weight excluding hydrogens is 210 g/mol. The zero-order chi connectivity index (χ0) is 12.8. The first-order chi connectivity index (χ1) is 8.08. The van der Waals surface area contributed by atoms with Crippen LogP contribution in [-0.4, -0.2) is 25.8 Å². The van der Waals surface area contributed by atoms with Gasteiger partial charge < -0.3 is 10.1 Å². The Bertz CT molecular complexity index is 207. The van der Waals surface area contributed by atoms with Gasteiger partial charge in [-0.1, -0.05) is 34.1 Å². The van der Waals surface area contributed by atoms with E-state index in [0.29, 0.717) is 18.1 Å². The third kappa shape index (κ3) is 4.59. The van der Waals surface area contributed by atoms with E-state index >= 15 is 0 Å². The number of likely N-dealkylation sites (N-methyl/N-ethyl adjacent to an activating group) is 1. The van der Waals surface area contributed by atoms with Gasteiger partial charge in [0, 0.05) is 6.04 Å². The summed E-state index contributed by atoms with van der Waals surface area (Å²) in [7, 11) is 2.05. The first-order valence-electron chi connectivity index (χ1n) is 7.37. The van der Waals surface area contributed by atoms with Crippen molar-refractivity contribution in [1.29, 1.82) is 0 Å². The summed E-state index contributed by atoms with van der Waals surface area (Å²) < 4.78 is 6.12. The molecule has 1 fully saturated rings. The van der Waals surface area contributed by atoms with Crippen molar-refractivity contribution in [3.63, 3.8) is 0 Å². The smallest absolute Gasteiger partial charge is 0.0625 e. The molecule has 1 saturated carbocycles. The van der Waals surface area contributed by atoms with Gasteiger partial charge in [-0.25, -0.2) is 0 Å². The van der Waals surface area contributed by atoms with Crippen molar-refractivity contribution in [3.05, 3.63) is 0 Å². The summed E-state index contributed by atoms with van der Waals surface area (Å²) in [5.41, 5.74) is 0. The summed E-state index contributed by atoms with van der Waals surface area (Å²) in [5.74, 6) is 2.40. The second-order valence-corrected chi connectivity index (χ2v) is 6.00. The van der Waals surface area contributed by atoms with Crippen molar-refractivity contribution in [1.82, 2.24) is 5.32 Å². The molecule has 0 amide bonds. The molecule has 1 aliphatic carbocycles. The summed E-state index contributed by atoms with van der Waals surface area (Å²) >= 11 is 0. The van der Waals surface area contributed by atoms with Gasteiger partial charge >= 0.3 is 0 Å². The minimum absolute atomic E-state index is 0.501. The fraction of sp³-hybridized carbons (Fsp3) is 1.00. The molecule has 17 heavy (non-hydrogen) atoms. The second-order valence-electron chi connectivity index (χ2n) is 6.00. The van der Waals surface area contributed by atoms with Crippen LogP contribution in [0.3, 0.4) is 0 Å². The maximum atomic E-state index is 6.12. The molecule has 1 N–H and O–H groups in total. The highest BCUT2D eigenvalue weighted by Gasteiger charge is 2.26. The molecule has 0 aliphatic heterocycles. The first-order valence-corrected chi connectivity index (χ1v) is 7.37. The highest BCUT2D eigenvalue weighted by atomic mass is 16.5. The summed E-state index contributed by atoms with van der Waals surface area (Å²) in [4.78, 5) is 0. The highest BCUT2D eigenvalue weighted by molar-refractivity contribution is 4.77. The van der Waals surface area contributed by atoms with E-state index in [0.717, 1.165) is 18.4 Å². The lowest BCUT2D eigenvalue weighted by atomic mass is 9.80. The van der Waals surface area contributed by atoms with E-state index < -0.39 is 0 Å². The van der Waals surface area contributed by atoms with E-state index in [1.807, 2.05) is 7.05 Å². The van der Waals surface area contributed by atoms with Crippen LogP contribution in [0.2, 0.25) is 0 Å². The van der Waals surface area contributed by atoms with Gasteiger partial charge in [-0.3, -0.25) is 0 Å². The van der Waals surface area contributed by atoms with Crippen LogP contribution in [0.5, 0.6) is 0 Å². The zero-order valence-corrected chi connectivity index (χ0v) is 12.3. The van der Waals surface area contributed by atoms with Crippen LogP contribution in [0.15, 0.2) is 0 Å². The van der Waals surface area contributed by atoms with Crippen LogP contribution in [0.4, 0.5) is 0 Å². The second kappa shape index (κ2) is 7.38. The van der Waals surface area contributed by atoms with Crippen molar-refractivity contribution in [2.24, 2.45) is 17.8 Å². The van der Waals surface area contributed by atoms with Crippen molar-refractivity contribution < 1.29 is 4.74 Å². The largest absolute Gasteiger partial charge is 0.377 e. The highest BCUT2D eigenvalue weighted by Crippen LogP contribution is 2.31. The molecule has 5 unspecified atom stereocenters. The summed E-state index contributed by atoms with van der Waals surface area (Å²) in [6, 6.07) is 0.509. The molecule has 0 saturated heterocycles. The van der Waals surface area contributed by atoms with E-state index in [4.69, 9.17) is 4.74 Å². The van der Waals surface area contributed by atoms with Crippen molar-refractivity contribution in [2.75, 3.05) is 13.7 Å². The summed E-state index contributed by atoms with van der Waals surface area (Å²) in [5, 5.41) is 3.39. The van der Waals surface area contributed by atoms with Gasteiger partial charge in [0.15, 0.2) is 0 Å². The van der Waals surface area contributed by atoms with Gasteiger partial charge in [-0.2, -0.15) is 0 Å². The Morgan fingerprint density at radius 1 is 1.24 bits per heavy atom. The number of rotatable bonds is 6. The maximum absolute atomic E-state index is 6.12.